The molecule has 0 aromatic carbocycles. The van der Waals surface area contributed by atoms with Gasteiger partial charge in [0.15, 0.2) is 5.96 Å². The lowest BCUT2D eigenvalue weighted by Gasteiger charge is -2.44. The van der Waals surface area contributed by atoms with Crippen molar-refractivity contribution in [3.63, 3.8) is 0 Å². The van der Waals surface area contributed by atoms with Crippen molar-refractivity contribution in [1.29, 1.82) is 0 Å². The van der Waals surface area contributed by atoms with Gasteiger partial charge in [-0.25, -0.2) is 0 Å². The third-order valence-corrected chi connectivity index (χ3v) is 2.58. The Morgan fingerprint density at radius 2 is 2.50 bits per heavy atom. The molecule has 1 fully saturated rings. The van der Waals surface area contributed by atoms with Crippen LogP contribution in [0.4, 0.5) is 0 Å². The fraction of sp³-hybridized carbons (Fsp3) is 0.875. The van der Waals surface area contributed by atoms with Gasteiger partial charge in [-0.3, -0.25) is 4.99 Å². The Morgan fingerprint density at radius 3 is 3.00 bits per heavy atom. The van der Waals surface area contributed by atoms with Crippen molar-refractivity contribution in [1.82, 2.24) is 5.32 Å². The van der Waals surface area contributed by atoms with E-state index in [1.54, 1.807) is 0 Å². The first-order chi connectivity index (χ1) is 5.74. The van der Waals surface area contributed by atoms with E-state index in [1.165, 1.54) is 0 Å². The van der Waals surface area contributed by atoms with E-state index in [1.807, 2.05) is 6.92 Å². The van der Waals surface area contributed by atoms with E-state index in [9.17, 15) is 0 Å². The molecule has 1 heterocycles. The van der Waals surface area contributed by atoms with Crippen LogP contribution in [0.2, 0.25) is 0 Å². The van der Waals surface area contributed by atoms with Crippen LogP contribution in [0.25, 0.3) is 0 Å². The largest absolute Gasteiger partial charge is 0.378 e. The summed E-state index contributed by atoms with van der Waals surface area (Å²) in [5, 5.41) is 3.20. The lowest BCUT2D eigenvalue weighted by atomic mass is 9.75. The zero-order valence-corrected chi connectivity index (χ0v) is 7.34. The summed E-state index contributed by atoms with van der Waals surface area (Å²) < 4.78 is 5.47. The van der Waals surface area contributed by atoms with Crippen LogP contribution in [-0.4, -0.2) is 30.8 Å². The highest BCUT2D eigenvalue weighted by molar-refractivity contribution is 5.81. The third-order valence-electron chi connectivity index (χ3n) is 2.58. The zero-order valence-electron chi connectivity index (χ0n) is 7.34. The molecule has 0 bridgehead atoms. The number of ether oxygens (including phenoxy) is 1. The molecule has 1 spiro atoms. The number of nitrogens with one attached hydrogen (secondary N) is 1. The third kappa shape index (κ3) is 1.16. The lowest BCUT2D eigenvalue weighted by Crippen LogP contribution is -2.59. The van der Waals surface area contributed by atoms with Gasteiger partial charge in [0.1, 0.15) is 0 Å². The summed E-state index contributed by atoms with van der Waals surface area (Å²) in [6.07, 6.45) is 2.51. The van der Waals surface area contributed by atoms with Gasteiger partial charge in [0.05, 0.1) is 18.2 Å². The number of hydrogen-bond donors (Lipinski definition) is 2. The molecule has 0 saturated heterocycles. The highest BCUT2D eigenvalue weighted by Crippen LogP contribution is 2.36. The normalized spacial score (nSPS) is 39.1. The molecule has 2 aliphatic rings. The second kappa shape index (κ2) is 2.62. The molecule has 0 aromatic heterocycles. The van der Waals surface area contributed by atoms with Crippen LogP contribution in [0, 0.1) is 0 Å². The predicted molar refractivity (Wildman–Crippen MR) is 47.0 cm³/mol. The maximum Gasteiger partial charge on any atom is 0.189 e. The zero-order chi connectivity index (χ0) is 8.60. The Morgan fingerprint density at radius 1 is 1.75 bits per heavy atom. The van der Waals surface area contributed by atoms with E-state index in [0.29, 0.717) is 12.1 Å². The molecule has 1 aliphatic carbocycles. The lowest BCUT2D eigenvalue weighted by molar-refractivity contribution is -0.0381. The summed E-state index contributed by atoms with van der Waals surface area (Å²) in [6.45, 7) is 3.65. The first kappa shape index (κ1) is 7.86. The second-order valence-corrected chi connectivity index (χ2v) is 3.59. The van der Waals surface area contributed by atoms with Crippen molar-refractivity contribution >= 4 is 5.96 Å². The summed E-state index contributed by atoms with van der Waals surface area (Å²) in [5.41, 5.74) is 5.69. The molecule has 3 N–H and O–H groups in total. The predicted octanol–water partition coefficient (Wildman–Crippen LogP) is -0.158. The molecule has 0 radical (unpaired) electrons. The van der Waals surface area contributed by atoms with Crippen LogP contribution < -0.4 is 11.1 Å². The number of hydrogen-bond acceptors (Lipinski definition) is 4. The van der Waals surface area contributed by atoms with Crippen molar-refractivity contribution < 1.29 is 4.74 Å². The quantitative estimate of drug-likeness (QED) is 0.604. The summed E-state index contributed by atoms with van der Waals surface area (Å²) in [7, 11) is 0. The number of guanidine groups is 1. The molecule has 4 nitrogen and oxygen atoms in total. The number of nitrogens with zero attached hydrogens (tertiary/aromatic N) is 1. The van der Waals surface area contributed by atoms with E-state index in [4.69, 9.17) is 10.5 Å². The standard InChI is InChI=1S/C8H15N3O/c1-2-12-6-3-8(4-6)5-10-7(9)11-8/h6H,2-5H2,1H3,(H3,9,10,11). The Hall–Kier alpha value is -0.770. The number of rotatable bonds is 2. The maximum absolute atomic E-state index is 5.54. The molecule has 1 aliphatic heterocycles. The van der Waals surface area contributed by atoms with Crippen molar-refractivity contribution in [2.45, 2.75) is 31.4 Å². The highest BCUT2D eigenvalue weighted by atomic mass is 16.5. The molecule has 1 saturated carbocycles. The SMILES string of the molecule is CCOC1CC2(CN=C(N)N2)C1. The number of nitrogens with two attached hydrogens (primary N) is 1. The van der Waals surface area contributed by atoms with E-state index in [2.05, 4.69) is 10.3 Å². The molecular formula is C8H15N3O. The smallest absolute Gasteiger partial charge is 0.189 e. The molecule has 0 amide bonds. The van der Waals surface area contributed by atoms with Crippen LogP contribution in [0.15, 0.2) is 4.99 Å². The van der Waals surface area contributed by atoms with Crippen LogP contribution in [0.3, 0.4) is 0 Å². The molecule has 68 valence electrons. The van der Waals surface area contributed by atoms with E-state index in [-0.39, 0.29) is 5.54 Å². The summed E-state index contributed by atoms with van der Waals surface area (Å²) in [6, 6.07) is 0. The summed E-state index contributed by atoms with van der Waals surface area (Å²) in [5.74, 6) is 0.588. The van der Waals surface area contributed by atoms with Gasteiger partial charge >= 0.3 is 0 Å². The fourth-order valence-corrected chi connectivity index (χ4v) is 1.98. The molecule has 4 heteroatoms. The maximum atomic E-state index is 5.54. The molecule has 12 heavy (non-hydrogen) atoms. The van der Waals surface area contributed by atoms with Gasteiger partial charge in [-0.2, -0.15) is 0 Å². The first-order valence-corrected chi connectivity index (χ1v) is 4.44. The average molecular weight is 169 g/mol. The van der Waals surface area contributed by atoms with E-state index < -0.39 is 0 Å². The second-order valence-electron chi connectivity index (χ2n) is 3.59. The van der Waals surface area contributed by atoms with E-state index >= 15 is 0 Å². The van der Waals surface area contributed by atoms with Crippen LogP contribution in [-0.2, 0) is 4.74 Å². The minimum atomic E-state index is 0.157. The first-order valence-electron chi connectivity index (χ1n) is 4.44. The molecule has 2 rings (SSSR count). The Bertz CT molecular complexity index is 208. The van der Waals surface area contributed by atoms with Crippen LogP contribution >= 0.6 is 0 Å². The average Bonchev–Trinajstić information content (AvgIpc) is 2.31. The van der Waals surface area contributed by atoms with Crippen molar-refractivity contribution in [3.8, 4) is 0 Å². The Labute approximate surface area is 72.2 Å². The van der Waals surface area contributed by atoms with Gasteiger partial charge in [0.25, 0.3) is 0 Å². The molecular weight excluding hydrogens is 154 g/mol. The van der Waals surface area contributed by atoms with Crippen molar-refractivity contribution in [2.24, 2.45) is 10.7 Å². The topological polar surface area (TPSA) is 59.6 Å². The molecule has 0 aromatic rings. The van der Waals surface area contributed by atoms with E-state index in [0.717, 1.165) is 26.0 Å². The van der Waals surface area contributed by atoms with Gasteiger partial charge in [-0.15, -0.1) is 0 Å². The van der Waals surface area contributed by atoms with Crippen LogP contribution in [0.5, 0.6) is 0 Å². The van der Waals surface area contributed by atoms with Gasteiger partial charge in [-0.05, 0) is 19.8 Å². The fourth-order valence-electron chi connectivity index (χ4n) is 1.98. The van der Waals surface area contributed by atoms with Gasteiger partial charge in [-0.1, -0.05) is 0 Å². The van der Waals surface area contributed by atoms with Crippen molar-refractivity contribution in [2.75, 3.05) is 13.2 Å². The molecule has 0 unspecified atom stereocenters. The monoisotopic (exact) mass is 169 g/mol. The van der Waals surface area contributed by atoms with Gasteiger partial charge in [0, 0.05) is 6.61 Å². The minimum Gasteiger partial charge on any atom is -0.378 e. The summed E-state index contributed by atoms with van der Waals surface area (Å²) in [4.78, 5) is 4.13. The Balaban J connectivity index is 1.81. The summed E-state index contributed by atoms with van der Waals surface area (Å²) >= 11 is 0. The number of aliphatic imine (C=N–C) groups is 1. The van der Waals surface area contributed by atoms with Crippen LogP contribution in [0.1, 0.15) is 19.8 Å². The Kier molecular flexibility index (Phi) is 1.72. The highest BCUT2D eigenvalue weighted by Gasteiger charge is 2.47. The van der Waals surface area contributed by atoms with Gasteiger partial charge < -0.3 is 15.8 Å². The van der Waals surface area contributed by atoms with Gasteiger partial charge in [0.2, 0.25) is 0 Å². The molecule has 0 atom stereocenters. The minimum absolute atomic E-state index is 0.157. The van der Waals surface area contributed by atoms with Crippen molar-refractivity contribution in [3.05, 3.63) is 0 Å².